The molecule has 0 bridgehead atoms. The first-order valence-corrected chi connectivity index (χ1v) is 6.13. The first kappa shape index (κ1) is 13.1. The SMILES string of the molecule is Cc1ccsc1C(=O)c1cnc(N)c(N(N)C=O)n1. The van der Waals surface area contributed by atoms with Crippen molar-refractivity contribution in [1.29, 1.82) is 0 Å². The van der Waals surface area contributed by atoms with Crippen molar-refractivity contribution in [3.05, 3.63) is 33.8 Å². The molecule has 2 heterocycles. The molecule has 0 aliphatic rings. The first-order chi connectivity index (χ1) is 9.04. The summed E-state index contributed by atoms with van der Waals surface area (Å²) in [7, 11) is 0. The van der Waals surface area contributed by atoms with Gasteiger partial charge in [0.05, 0.1) is 11.1 Å². The van der Waals surface area contributed by atoms with Gasteiger partial charge in [0.15, 0.2) is 11.6 Å². The van der Waals surface area contributed by atoms with E-state index < -0.39 is 0 Å². The van der Waals surface area contributed by atoms with Crippen LogP contribution in [0, 0.1) is 6.92 Å². The van der Waals surface area contributed by atoms with Gasteiger partial charge >= 0.3 is 0 Å². The molecule has 2 aromatic heterocycles. The Bertz CT molecular complexity index is 640. The van der Waals surface area contributed by atoms with Gasteiger partial charge in [-0.15, -0.1) is 11.3 Å². The fraction of sp³-hybridized carbons (Fsp3) is 0.0909. The minimum Gasteiger partial charge on any atom is -0.381 e. The molecule has 0 unspecified atom stereocenters. The Balaban J connectivity index is 2.44. The number of hydrazine groups is 1. The molecule has 8 heteroatoms. The molecule has 0 atom stereocenters. The fourth-order valence-corrected chi connectivity index (χ4v) is 2.33. The Kier molecular flexibility index (Phi) is 3.54. The van der Waals surface area contributed by atoms with Crippen LogP contribution < -0.4 is 16.6 Å². The third-order valence-electron chi connectivity index (χ3n) is 2.44. The molecule has 7 nitrogen and oxygen atoms in total. The van der Waals surface area contributed by atoms with E-state index in [0.29, 0.717) is 16.3 Å². The number of hydrogen-bond donors (Lipinski definition) is 2. The quantitative estimate of drug-likeness (QED) is 0.276. The van der Waals surface area contributed by atoms with Gasteiger partial charge in [-0.3, -0.25) is 9.59 Å². The van der Waals surface area contributed by atoms with Gasteiger partial charge in [-0.25, -0.2) is 20.8 Å². The molecular weight excluding hydrogens is 266 g/mol. The number of aromatic nitrogens is 2. The Labute approximate surface area is 112 Å². The molecule has 1 amide bonds. The maximum Gasteiger partial charge on any atom is 0.229 e. The number of carbonyl (C=O) groups is 2. The molecule has 0 fully saturated rings. The van der Waals surface area contributed by atoms with Gasteiger partial charge in [0.2, 0.25) is 12.2 Å². The molecule has 2 aromatic rings. The van der Waals surface area contributed by atoms with Crippen molar-refractivity contribution in [3.8, 4) is 0 Å². The summed E-state index contributed by atoms with van der Waals surface area (Å²) < 4.78 is 0. The maximum atomic E-state index is 12.2. The van der Waals surface area contributed by atoms with Crippen LogP contribution in [0.4, 0.5) is 11.6 Å². The van der Waals surface area contributed by atoms with Gasteiger partial charge in [-0.05, 0) is 23.9 Å². The van der Waals surface area contributed by atoms with Crippen LogP contribution in [0.1, 0.15) is 20.9 Å². The summed E-state index contributed by atoms with van der Waals surface area (Å²) in [6, 6.07) is 1.84. The van der Waals surface area contributed by atoms with E-state index in [4.69, 9.17) is 11.6 Å². The lowest BCUT2D eigenvalue weighted by Crippen LogP contribution is -2.31. The van der Waals surface area contributed by atoms with E-state index >= 15 is 0 Å². The zero-order valence-corrected chi connectivity index (χ0v) is 10.8. The fourth-order valence-electron chi connectivity index (χ4n) is 1.46. The summed E-state index contributed by atoms with van der Waals surface area (Å²) in [6.45, 7) is 1.83. The number of carbonyl (C=O) groups excluding carboxylic acids is 2. The van der Waals surface area contributed by atoms with Crippen molar-refractivity contribution in [1.82, 2.24) is 9.97 Å². The second-order valence-electron chi connectivity index (χ2n) is 3.74. The van der Waals surface area contributed by atoms with Crippen molar-refractivity contribution >= 4 is 35.2 Å². The van der Waals surface area contributed by atoms with Gasteiger partial charge in [0.25, 0.3) is 0 Å². The highest BCUT2D eigenvalue weighted by Gasteiger charge is 2.18. The second-order valence-corrected chi connectivity index (χ2v) is 4.65. The summed E-state index contributed by atoms with van der Waals surface area (Å²) in [5.41, 5.74) is 6.50. The molecule has 0 saturated carbocycles. The average Bonchev–Trinajstić information content (AvgIpc) is 2.84. The van der Waals surface area contributed by atoms with Gasteiger partial charge in [-0.1, -0.05) is 0 Å². The summed E-state index contributed by atoms with van der Waals surface area (Å²) in [5, 5.41) is 2.50. The lowest BCUT2D eigenvalue weighted by atomic mass is 10.2. The van der Waals surface area contributed by atoms with E-state index in [1.165, 1.54) is 17.5 Å². The number of nitrogen functional groups attached to an aromatic ring is 1. The van der Waals surface area contributed by atoms with E-state index in [2.05, 4.69) is 9.97 Å². The van der Waals surface area contributed by atoms with Crippen molar-refractivity contribution < 1.29 is 9.59 Å². The van der Waals surface area contributed by atoms with Crippen LogP contribution in [0.3, 0.4) is 0 Å². The molecule has 0 aromatic carbocycles. The Morgan fingerprint density at radius 2 is 2.26 bits per heavy atom. The highest BCUT2D eigenvalue weighted by Crippen LogP contribution is 2.21. The number of thiophene rings is 1. The molecule has 0 aliphatic carbocycles. The topological polar surface area (TPSA) is 115 Å². The number of hydrogen-bond acceptors (Lipinski definition) is 7. The van der Waals surface area contributed by atoms with Gasteiger partial charge in [-0.2, -0.15) is 0 Å². The summed E-state index contributed by atoms with van der Waals surface area (Å²) in [5.74, 6) is 5.04. The van der Waals surface area contributed by atoms with Gasteiger partial charge < -0.3 is 5.73 Å². The summed E-state index contributed by atoms with van der Waals surface area (Å²) in [4.78, 5) is 31.2. The largest absolute Gasteiger partial charge is 0.381 e. The molecule has 98 valence electrons. The zero-order chi connectivity index (χ0) is 14.0. The molecule has 19 heavy (non-hydrogen) atoms. The smallest absolute Gasteiger partial charge is 0.229 e. The number of nitrogens with two attached hydrogens (primary N) is 2. The van der Waals surface area contributed by atoms with Crippen LogP contribution in [0.15, 0.2) is 17.6 Å². The lowest BCUT2D eigenvalue weighted by molar-refractivity contribution is -0.107. The normalized spacial score (nSPS) is 10.2. The van der Waals surface area contributed by atoms with Crippen molar-refractivity contribution in [2.75, 3.05) is 10.7 Å². The molecule has 0 aliphatic heterocycles. The molecule has 2 rings (SSSR count). The monoisotopic (exact) mass is 277 g/mol. The number of ketones is 1. The first-order valence-electron chi connectivity index (χ1n) is 5.25. The van der Waals surface area contributed by atoms with E-state index in [0.717, 1.165) is 5.56 Å². The number of aryl methyl sites for hydroxylation is 1. The predicted molar refractivity (Wildman–Crippen MR) is 71.7 cm³/mol. The van der Waals surface area contributed by atoms with Crippen molar-refractivity contribution in [3.63, 3.8) is 0 Å². The predicted octanol–water partition coefficient (Wildman–Crippen LogP) is 0.496. The van der Waals surface area contributed by atoms with Crippen LogP contribution in [-0.4, -0.2) is 22.2 Å². The standard InChI is InChI=1S/C11H11N5O2S/c1-6-2-3-19-9(6)8(18)7-4-14-10(12)11(15-7)16(13)5-17/h2-5H,13H2,1H3,(H2,12,14). The van der Waals surface area contributed by atoms with Crippen LogP contribution >= 0.6 is 11.3 Å². The van der Waals surface area contributed by atoms with Crippen LogP contribution in [-0.2, 0) is 4.79 Å². The lowest BCUT2D eigenvalue weighted by Gasteiger charge is -2.11. The third kappa shape index (κ3) is 2.44. The Hall–Kier alpha value is -2.32. The molecule has 0 saturated heterocycles. The highest BCUT2D eigenvalue weighted by molar-refractivity contribution is 7.12. The second kappa shape index (κ2) is 5.12. The Morgan fingerprint density at radius 3 is 2.84 bits per heavy atom. The van der Waals surface area contributed by atoms with E-state index in [1.807, 2.05) is 18.4 Å². The van der Waals surface area contributed by atoms with Crippen LogP contribution in [0.25, 0.3) is 0 Å². The summed E-state index contributed by atoms with van der Waals surface area (Å²) >= 11 is 1.31. The molecular formula is C11H11N5O2S. The van der Waals surface area contributed by atoms with Gasteiger partial charge in [0, 0.05) is 0 Å². The van der Waals surface area contributed by atoms with Crippen molar-refractivity contribution in [2.45, 2.75) is 6.92 Å². The van der Waals surface area contributed by atoms with Gasteiger partial charge in [0.1, 0.15) is 5.69 Å². The minimum absolute atomic E-state index is 0.0194. The number of anilines is 2. The van der Waals surface area contributed by atoms with E-state index in [9.17, 15) is 9.59 Å². The zero-order valence-electron chi connectivity index (χ0n) is 10.0. The number of amides is 1. The maximum absolute atomic E-state index is 12.2. The number of nitrogens with zero attached hydrogens (tertiary/aromatic N) is 3. The van der Waals surface area contributed by atoms with E-state index in [1.54, 1.807) is 0 Å². The summed E-state index contributed by atoms with van der Waals surface area (Å²) in [6.07, 6.45) is 1.60. The molecule has 0 spiro atoms. The van der Waals surface area contributed by atoms with Crippen LogP contribution in [0.5, 0.6) is 0 Å². The van der Waals surface area contributed by atoms with Crippen LogP contribution in [0.2, 0.25) is 0 Å². The molecule has 4 N–H and O–H groups in total. The molecule has 0 radical (unpaired) electrons. The number of rotatable bonds is 4. The highest BCUT2D eigenvalue weighted by atomic mass is 32.1. The minimum atomic E-state index is -0.277. The third-order valence-corrected chi connectivity index (χ3v) is 3.46. The van der Waals surface area contributed by atoms with E-state index in [-0.39, 0.29) is 23.1 Å². The van der Waals surface area contributed by atoms with Crippen molar-refractivity contribution in [2.24, 2.45) is 5.84 Å². The Morgan fingerprint density at radius 1 is 1.53 bits per heavy atom. The average molecular weight is 277 g/mol.